The van der Waals surface area contributed by atoms with Crippen LogP contribution in [0.25, 0.3) is 0 Å². The second kappa shape index (κ2) is 21.1. The smallest absolute Gasteiger partial charge is 0.410 e. The Morgan fingerprint density at radius 2 is 1.16 bits per heavy atom. The SMILES string of the molecule is CC(C)(C)OC(=O)N1CCN(C(N)=S)CC1.CC(C)(C)OC(=O)N1CCN(c2nc(C3(c4ccccc4F)CCCC3)cs2)CC1.O=C(CCl)C1(c2ccccc2F)CCCC1. The molecule has 1 aromatic heterocycles. The molecule has 0 bridgehead atoms. The van der Waals surface area contributed by atoms with E-state index >= 15 is 0 Å². The van der Waals surface area contributed by atoms with Gasteiger partial charge in [-0.1, -0.05) is 62.1 Å². The van der Waals surface area contributed by atoms with Crippen LogP contribution in [0.4, 0.5) is 23.5 Å². The molecule has 340 valence electrons. The minimum absolute atomic E-state index is 0.0334. The van der Waals surface area contributed by atoms with Gasteiger partial charge in [-0.2, -0.15) is 0 Å². The lowest BCUT2D eigenvalue weighted by atomic mass is 9.75. The number of nitrogens with two attached hydrogens (primary N) is 1. The van der Waals surface area contributed by atoms with Crippen molar-refractivity contribution in [2.24, 2.45) is 5.73 Å². The lowest BCUT2D eigenvalue weighted by molar-refractivity contribution is -0.122. The monoisotopic (exact) mass is 916 g/mol. The van der Waals surface area contributed by atoms with E-state index < -0.39 is 16.6 Å². The molecule has 3 aromatic rings. The number of piperazine rings is 2. The van der Waals surface area contributed by atoms with Crippen molar-refractivity contribution in [1.82, 2.24) is 19.7 Å². The highest BCUT2D eigenvalue weighted by Gasteiger charge is 2.44. The van der Waals surface area contributed by atoms with Gasteiger partial charge in [-0.3, -0.25) is 4.79 Å². The first-order valence-corrected chi connectivity index (χ1v) is 23.4. The number of thiazole rings is 1. The molecule has 2 amide bonds. The van der Waals surface area contributed by atoms with Crippen LogP contribution in [0.1, 0.15) is 110 Å². The van der Waals surface area contributed by atoms with Gasteiger partial charge in [-0.15, -0.1) is 22.9 Å². The first kappa shape index (κ1) is 48.9. The van der Waals surface area contributed by atoms with Gasteiger partial charge in [0, 0.05) is 68.7 Å². The quantitative estimate of drug-likeness (QED) is 0.189. The summed E-state index contributed by atoms with van der Waals surface area (Å²) in [5, 5.41) is 3.45. The Hall–Kier alpha value is -4.08. The van der Waals surface area contributed by atoms with Crippen molar-refractivity contribution in [3.05, 3.63) is 82.4 Å². The van der Waals surface area contributed by atoms with Crippen LogP contribution in [0.5, 0.6) is 0 Å². The highest BCUT2D eigenvalue weighted by Crippen LogP contribution is 2.48. The zero-order valence-corrected chi connectivity index (χ0v) is 39.4. The number of alkyl halides is 1. The standard InChI is InChI=1S/C23H30FN3O2S.C13H14ClFO.C10H19N3O2S/c1-22(2,3)29-21(28)27-14-12-26(13-15-27)20-25-19(16-30-20)23(10-6-7-11-23)17-8-4-5-9-18(17)24;14-9-12(16)13(7-3-4-8-13)10-5-1-2-6-11(10)15;1-10(2,3)15-9(14)13-6-4-12(5-7-13)8(11)16/h4-5,8-9,16H,6-7,10-15H2,1-3H3;1-2,5-6H,3-4,7-9H2;4-7H2,1-3H3,(H2,11,16). The van der Waals surface area contributed by atoms with E-state index in [1.54, 1.807) is 51.5 Å². The van der Waals surface area contributed by atoms with Crippen molar-refractivity contribution in [3.63, 3.8) is 0 Å². The van der Waals surface area contributed by atoms with Gasteiger partial charge in [0.05, 0.1) is 17.0 Å². The fraction of sp³-hybridized carbons (Fsp3) is 0.587. The Morgan fingerprint density at radius 1 is 0.726 bits per heavy atom. The van der Waals surface area contributed by atoms with Crippen LogP contribution in [0.3, 0.4) is 0 Å². The Morgan fingerprint density at radius 3 is 1.61 bits per heavy atom. The summed E-state index contributed by atoms with van der Waals surface area (Å²) in [7, 11) is 0. The van der Waals surface area contributed by atoms with Crippen molar-refractivity contribution in [2.45, 2.75) is 115 Å². The second-order valence-electron chi connectivity index (χ2n) is 18.4. The first-order chi connectivity index (χ1) is 29.3. The van der Waals surface area contributed by atoms with Crippen molar-refractivity contribution in [3.8, 4) is 0 Å². The van der Waals surface area contributed by atoms with Gasteiger partial charge in [0.25, 0.3) is 0 Å². The van der Waals surface area contributed by atoms with E-state index in [9.17, 15) is 23.2 Å². The molecule has 2 saturated heterocycles. The average molecular weight is 918 g/mol. The van der Waals surface area contributed by atoms with E-state index in [0.717, 1.165) is 80.8 Å². The van der Waals surface area contributed by atoms with E-state index in [4.69, 9.17) is 44.0 Å². The van der Waals surface area contributed by atoms with E-state index in [2.05, 4.69) is 10.3 Å². The van der Waals surface area contributed by atoms with Gasteiger partial charge in [0.1, 0.15) is 22.8 Å². The molecule has 2 aliphatic carbocycles. The molecule has 7 rings (SSSR count). The van der Waals surface area contributed by atoms with Gasteiger partial charge < -0.3 is 34.8 Å². The third-order valence-electron chi connectivity index (χ3n) is 11.8. The van der Waals surface area contributed by atoms with E-state index in [-0.39, 0.29) is 40.9 Å². The number of ketones is 1. The number of anilines is 1. The molecule has 2 saturated carbocycles. The maximum absolute atomic E-state index is 14.7. The zero-order valence-electron chi connectivity index (χ0n) is 37.0. The zero-order chi connectivity index (χ0) is 45.3. The van der Waals surface area contributed by atoms with Gasteiger partial charge in [-0.05, 0) is 97.1 Å². The summed E-state index contributed by atoms with van der Waals surface area (Å²) < 4.78 is 39.2. The summed E-state index contributed by atoms with van der Waals surface area (Å²) in [5.74, 6) is -0.506. The Kier molecular flexibility index (Phi) is 16.6. The lowest BCUT2D eigenvalue weighted by Gasteiger charge is -2.35. The Labute approximate surface area is 380 Å². The minimum atomic E-state index is -0.660. The van der Waals surface area contributed by atoms with Crippen molar-refractivity contribution in [1.29, 1.82) is 0 Å². The summed E-state index contributed by atoms with van der Waals surface area (Å²) >= 11 is 12.1. The van der Waals surface area contributed by atoms with Crippen LogP contribution >= 0.6 is 35.2 Å². The summed E-state index contributed by atoms with van der Waals surface area (Å²) in [6.07, 6.45) is 6.91. The third-order valence-corrected chi connectivity index (χ3v) is 13.2. The van der Waals surface area contributed by atoms with Crippen LogP contribution in [0.15, 0.2) is 53.9 Å². The maximum atomic E-state index is 14.7. The molecule has 11 nitrogen and oxygen atoms in total. The average Bonchev–Trinajstić information content (AvgIpc) is 4.04. The summed E-state index contributed by atoms with van der Waals surface area (Å²) in [4.78, 5) is 48.5. The van der Waals surface area contributed by atoms with Crippen LogP contribution in [0.2, 0.25) is 0 Å². The number of hydrogen-bond acceptors (Lipinski definition) is 9. The largest absolute Gasteiger partial charge is 0.444 e. The lowest BCUT2D eigenvalue weighted by Crippen LogP contribution is -2.52. The number of halogens is 3. The molecule has 0 unspecified atom stereocenters. The number of carbonyl (C=O) groups excluding carboxylic acids is 3. The molecule has 3 heterocycles. The number of carbonyl (C=O) groups is 3. The van der Waals surface area contributed by atoms with E-state index in [0.29, 0.717) is 49.9 Å². The fourth-order valence-electron chi connectivity index (χ4n) is 8.62. The molecular weight excluding hydrogens is 854 g/mol. The molecule has 4 aliphatic rings. The van der Waals surface area contributed by atoms with E-state index in [1.165, 1.54) is 6.07 Å². The molecule has 0 atom stereocenters. The van der Waals surface area contributed by atoms with Crippen molar-refractivity contribution >= 4 is 63.4 Å². The number of aromatic nitrogens is 1. The molecule has 16 heteroatoms. The van der Waals surface area contributed by atoms with Gasteiger partial charge in [-0.25, -0.2) is 23.4 Å². The van der Waals surface area contributed by atoms with E-state index in [1.807, 2.05) is 58.6 Å². The number of amides is 2. The molecular formula is C46H63ClF2N6O5S2. The summed E-state index contributed by atoms with van der Waals surface area (Å²) in [6, 6.07) is 13.7. The summed E-state index contributed by atoms with van der Waals surface area (Å²) in [6.45, 7) is 16.4. The van der Waals surface area contributed by atoms with Crippen LogP contribution in [0, 0.1) is 11.6 Å². The van der Waals surface area contributed by atoms with Crippen LogP contribution < -0.4 is 10.6 Å². The number of hydrogen-bond donors (Lipinski definition) is 1. The molecule has 0 radical (unpaired) electrons. The molecule has 2 N–H and O–H groups in total. The first-order valence-electron chi connectivity index (χ1n) is 21.6. The summed E-state index contributed by atoms with van der Waals surface area (Å²) in [5.41, 5.74) is 5.88. The van der Waals surface area contributed by atoms with Crippen LogP contribution in [-0.2, 0) is 25.1 Å². The molecule has 4 fully saturated rings. The third kappa shape index (κ3) is 12.3. The molecule has 62 heavy (non-hydrogen) atoms. The molecule has 2 aliphatic heterocycles. The number of Topliss-reactive ketones (excluding diaryl/α,β-unsaturated/α-hetero) is 1. The number of nitrogens with zero attached hydrogens (tertiary/aromatic N) is 5. The second-order valence-corrected chi connectivity index (χ2v) is 19.9. The highest BCUT2D eigenvalue weighted by molar-refractivity contribution is 7.80. The number of thiocarbonyl (C=S) groups is 1. The normalized spacial score (nSPS) is 18.5. The van der Waals surface area contributed by atoms with Gasteiger partial charge in [0.2, 0.25) is 0 Å². The maximum Gasteiger partial charge on any atom is 0.410 e. The number of rotatable bonds is 6. The Balaban J connectivity index is 0.000000192. The molecule has 2 aromatic carbocycles. The number of benzene rings is 2. The Bertz CT molecular complexity index is 1990. The number of ether oxygens (including phenoxy) is 2. The van der Waals surface area contributed by atoms with Gasteiger partial charge >= 0.3 is 12.2 Å². The highest BCUT2D eigenvalue weighted by atomic mass is 35.5. The molecule has 0 spiro atoms. The minimum Gasteiger partial charge on any atom is -0.444 e. The van der Waals surface area contributed by atoms with Crippen molar-refractivity contribution < 1.29 is 32.6 Å². The van der Waals surface area contributed by atoms with Crippen molar-refractivity contribution in [2.75, 3.05) is 63.1 Å². The predicted molar refractivity (Wildman–Crippen MR) is 246 cm³/mol. The van der Waals surface area contributed by atoms with Crippen LogP contribution in [-0.4, -0.2) is 112 Å². The van der Waals surface area contributed by atoms with Gasteiger partial charge in [0.15, 0.2) is 16.0 Å². The predicted octanol–water partition coefficient (Wildman–Crippen LogP) is 9.43. The topological polar surface area (TPSA) is 122 Å². The fourth-order valence-corrected chi connectivity index (χ4v) is 10.0.